The number of halogens is 3. The summed E-state index contributed by atoms with van der Waals surface area (Å²) in [6.07, 6.45) is 2.77. The van der Waals surface area contributed by atoms with Gasteiger partial charge in [0.25, 0.3) is 0 Å². The number of fused-ring (bicyclic) bond motifs is 1. The fraction of sp³-hybridized carbons (Fsp3) is 0.444. The van der Waals surface area contributed by atoms with Gasteiger partial charge in [0.1, 0.15) is 16.5 Å². The van der Waals surface area contributed by atoms with Gasteiger partial charge in [-0.15, -0.1) is 24.8 Å². The van der Waals surface area contributed by atoms with E-state index in [2.05, 4.69) is 10.3 Å². The molecule has 2 aliphatic heterocycles. The average Bonchev–Trinajstić information content (AvgIpc) is 2.41. The standard InChI is InChI=1S/C9H9ClN2O.2ClH/c10-8-1-7-6(3-12-8)2-9(13-7)4-11-5-9;;/h1,3,11H,2,4-5H2;2*1H. The Morgan fingerprint density at radius 3 is 2.73 bits per heavy atom. The lowest BCUT2D eigenvalue weighted by atomic mass is 9.92. The molecule has 3 rings (SSSR count). The van der Waals surface area contributed by atoms with Crippen LogP contribution in [0.4, 0.5) is 0 Å². The van der Waals surface area contributed by atoms with Gasteiger partial charge in [-0.2, -0.15) is 0 Å². The van der Waals surface area contributed by atoms with E-state index < -0.39 is 0 Å². The Morgan fingerprint density at radius 1 is 1.40 bits per heavy atom. The Morgan fingerprint density at radius 2 is 2.13 bits per heavy atom. The van der Waals surface area contributed by atoms with Crippen LogP contribution in [0.5, 0.6) is 5.75 Å². The van der Waals surface area contributed by atoms with Gasteiger partial charge in [-0.1, -0.05) is 11.6 Å². The molecule has 1 aromatic rings. The monoisotopic (exact) mass is 268 g/mol. The number of rotatable bonds is 0. The molecule has 0 atom stereocenters. The summed E-state index contributed by atoms with van der Waals surface area (Å²) in [5.41, 5.74) is 1.18. The van der Waals surface area contributed by atoms with E-state index in [1.165, 1.54) is 5.56 Å². The first-order valence-electron chi connectivity index (χ1n) is 4.32. The van der Waals surface area contributed by atoms with Gasteiger partial charge in [-0.3, -0.25) is 0 Å². The van der Waals surface area contributed by atoms with Crippen molar-refractivity contribution in [2.45, 2.75) is 12.0 Å². The molecule has 3 heterocycles. The van der Waals surface area contributed by atoms with E-state index in [9.17, 15) is 0 Å². The van der Waals surface area contributed by atoms with Crippen molar-refractivity contribution in [3.8, 4) is 5.75 Å². The molecule has 0 unspecified atom stereocenters. The largest absolute Gasteiger partial charge is 0.484 e. The highest BCUT2D eigenvalue weighted by atomic mass is 35.5. The minimum absolute atomic E-state index is 0. The SMILES string of the molecule is Cl.Cl.Clc1cc2c(cn1)CC1(CNC1)O2. The van der Waals surface area contributed by atoms with Crippen molar-refractivity contribution < 1.29 is 4.74 Å². The van der Waals surface area contributed by atoms with Gasteiger partial charge in [-0.25, -0.2) is 4.98 Å². The number of ether oxygens (including phenoxy) is 1. The van der Waals surface area contributed by atoms with Crippen LogP contribution in [0.3, 0.4) is 0 Å². The first kappa shape index (κ1) is 12.8. The fourth-order valence-electron chi connectivity index (χ4n) is 1.89. The molecule has 2 aliphatic rings. The van der Waals surface area contributed by atoms with Crippen molar-refractivity contribution in [1.82, 2.24) is 10.3 Å². The number of hydrogen-bond donors (Lipinski definition) is 1. The van der Waals surface area contributed by atoms with E-state index in [0.717, 1.165) is 25.3 Å². The van der Waals surface area contributed by atoms with Gasteiger partial charge in [0, 0.05) is 37.3 Å². The first-order chi connectivity index (χ1) is 6.27. The van der Waals surface area contributed by atoms with E-state index in [0.29, 0.717) is 5.15 Å². The molecule has 0 amide bonds. The number of nitrogens with zero attached hydrogens (tertiary/aromatic N) is 1. The average molecular weight is 270 g/mol. The van der Waals surface area contributed by atoms with Crippen LogP contribution in [0.2, 0.25) is 5.15 Å². The van der Waals surface area contributed by atoms with Crippen LogP contribution in [0.1, 0.15) is 5.56 Å². The maximum atomic E-state index is 5.82. The van der Waals surface area contributed by atoms with Gasteiger partial charge in [0.05, 0.1) is 0 Å². The minimum atomic E-state index is 0. The van der Waals surface area contributed by atoms with Crippen LogP contribution in [0.25, 0.3) is 0 Å². The molecule has 0 bridgehead atoms. The van der Waals surface area contributed by atoms with Crippen LogP contribution >= 0.6 is 36.4 Å². The molecule has 84 valence electrons. The molecular weight excluding hydrogens is 258 g/mol. The van der Waals surface area contributed by atoms with Gasteiger partial charge in [0.2, 0.25) is 0 Å². The first-order valence-corrected chi connectivity index (χ1v) is 4.69. The Balaban J connectivity index is 0.000000562. The molecule has 0 radical (unpaired) electrons. The third-order valence-electron chi connectivity index (χ3n) is 2.64. The fourth-order valence-corrected chi connectivity index (χ4v) is 2.03. The summed E-state index contributed by atoms with van der Waals surface area (Å²) >= 11 is 5.77. The highest BCUT2D eigenvalue weighted by Crippen LogP contribution is 2.37. The minimum Gasteiger partial charge on any atom is -0.484 e. The predicted octanol–water partition coefficient (Wildman–Crippen LogP) is 1.86. The maximum absolute atomic E-state index is 5.82. The molecule has 1 aromatic heterocycles. The molecule has 1 spiro atoms. The molecule has 1 fully saturated rings. The summed E-state index contributed by atoms with van der Waals surface area (Å²) in [6, 6.07) is 1.80. The van der Waals surface area contributed by atoms with E-state index in [4.69, 9.17) is 16.3 Å². The highest BCUT2D eigenvalue weighted by Gasteiger charge is 2.44. The molecular formula is C9H11Cl3N2O. The zero-order valence-electron chi connectivity index (χ0n) is 7.83. The smallest absolute Gasteiger partial charge is 0.138 e. The summed E-state index contributed by atoms with van der Waals surface area (Å²) in [4.78, 5) is 4.04. The molecule has 1 N–H and O–H groups in total. The number of hydrogen-bond acceptors (Lipinski definition) is 3. The highest BCUT2D eigenvalue weighted by molar-refractivity contribution is 6.29. The van der Waals surface area contributed by atoms with Crippen molar-refractivity contribution in [1.29, 1.82) is 0 Å². The normalized spacial score (nSPS) is 19.3. The van der Waals surface area contributed by atoms with Gasteiger partial charge < -0.3 is 10.1 Å². The Bertz CT molecular complexity index is 368. The van der Waals surface area contributed by atoms with Crippen LogP contribution in [0, 0.1) is 0 Å². The summed E-state index contributed by atoms with van der Waals surface area (Å²) in [7, 11) is 0. The van der Waals surface area contributed by atoms with Crippen LogP contribution in [-0.4, -0.2) is 23.7 Å². The van der Waals surface area contributed by atoms with Crippen LogP contribution < -0.4 is 10.1 Å². The van der Waals surface area contributed by atoms with Crippen molar-refractivity contribution in [3.63, 3.8) is 0 Å². The van der Waals surface area contributed by atoms with Gasteiger partial charge in [-0.05, 0) is 0 Å². The molecule has 0 saturated carbocycles. The molecule has 15 heavy (non-hydrogen) atoms. The van der Waals surface area contributed by atoms with Gasteiger partial charge in [0.15, 0.2) is 0 Å². The van der Waals surface area contributed by atoms with E-state index in [-0.39, 0.29) is 30.4 Å². The van der Waals surface area contributed by atoms with Crippen molar-refractivity contribution in [2.24, 2.45) is 0 Å². The predicted molar refractivity (Wildman–Crippen MR) is 63.7 cm³/mol. The molecule has 3 nitrogen and oxygen atoms in total. The van der Waals surface area contributed by atoms with Crippen molar-refractivity contribution in [2.75, 3.05) is 13.1 Å². The summed E-state index contributed by atoms with van der Waals surface area (Å²) in [6.45, 7) is 1.86. The lowest BCUT2D eigenvalue weighted by Gasteiger charge is -2.38. The van der Waals surface area contributed by atoms with E-state index in [1.54, 1.807) is 6.07 Å². The van der Waals surface area contributed by atoms with E-state index >= 15 is 0 Å². The third-order valence-corrected chi connectivity index (χ3v) is 2.85. The Hall–Kier alpha value is -0.220. The van der Waals surface area contributed by atoms with Crippen molar-refractivity contribution in [3.05, 3.63) is 23.0 Å². The zero-order chi connectivity index (χ0) is 8.89. The second-order valence-electron chi connectivity index (χ2n) is 3.68. The van der Waals surface area contributed by atoms with Gasteiger partial charge >= 0.3 is 0 Å². The number of aromatic nitrogens is 1. The molecule has 1 saturated heterocycles. The lowest BCUT2D eigenvalue weighted by Crippen LogP contribution is -2.62. The topological polar surface area (TPSA) is 34.2 Å². The van der Waals surface area contributed by atoms with Crippen molar-refractivity contribution >= 4 is 36.4 Å². The van der Waals surface area contributed by atoms with Crippen LogP contribution in [0.15, 0.2) is 12.3 Å². The summed E-state index contributed by atoms with van der Waals surface area (Å²) < 4.78 is 5.82. The molecule has 6 heteroatoms. The number of pyridine rings is 1. The summed E-state index contributed by atoms with van der Waals surface area (Å²) in [5.74, 6) is 0.904. The molecule has 0 aliphatic carbocycles. The summed E-state index contributed by atoms with van der Waals surface area (Å²) in [5, 5.41) is 3.72. The number of nitrogens with one attached hydrogen (secondary N) is 1. The molecule has 0 aromatic carbocycles. The quantitative estimate of drug-likeness (QED) is 0.730. The third kappa shape index (κ3) is 2.02. The Labute approximate surface area is 105 Å². The maximum Gasteiger partial charge on any atom is 0.138 e. The van der Waals surface area contributed by atoms with E-state index in [1.807, 2.05) is 6.20 Å². The second-order valence-corrected chi connectivity index (χ2v) is 4.07. The van der Waals surface area contributed by atoms with Crippen LogP contribution in [-0.2, 0) is 6.42 Å². The second kappa shape index (κ2) is 4.34. The Kier molecular flexibility index (Phi) is 3.71. The zero-order valence-corrected chi connectivity index (χ0v) is 10.2. The lowest BCUT2D eigenvalue weighted by molar-refractivity contribution is 0.0386.